The Labute approximate surface area is 134 Å². The maximum atomic E-state index is 12.3. The number of nitrogens with two attached hydrogens (primary N) is 1. The highest BCUT2D eigenvalue weighted by Gasteiger charge is 2.35. The van der Waals surface area contributed by atoms with Crippen LogP contribution in [0.4, 0.5) is 5.69 Å². The first-order chi connectivity index (χ1) is 10.2. The van der Waals surface area contributed by atoms with E-state index in [0.29, 0.717) is 31.7 Å². The average Bonchev–Trinajstić information content (AvgIpc) is 3.03. The fourth-order valence-corrected chi connectivity index (χ4v) is 2.25. The molecule has 3 N–H and O–H groups in total. The summed E-state index contributed by atoms with van der Waals surface area (Å²) in [6, 6.07) is 7.28. The number of carbonyl (C=O) groups is 1. The molecular formula is C14H18ClN5O2. The fraction of sp³-hybridized carbons (Fsp3) is 0.357. The number of rotatable bonds is 3. The zero-order chi connectivity index (χ0) is 14.7. The zero-order valence-electron chi connectivity index (χ0n) is 11.9. The number of ether oxygens (including phenoxy) is 1. The largest absolute Gasteiger partial charge is 0.381 e. The lowest BCUT2D eigenvalue weighted by Crippen LogP contribution is -2.54. The van der Waals surface area contributed by atoms with E-state index in [2.05, 4.69) is 15.5 Å². The van der Waals surface area contributed by atoms with Crippen molar-refractivity contribution < 1.29 is 9.53 Å². The van der Waals surface area contributed by atoms with Crippen LogP contribution in [-0.2, 0) is 9.53 Å². The lowest BCUT2D eigenvalue weighted by atomic mass is 9.90. The standard InChI is InChI=1S/C14H17N5O2.ClH/c15-14(5-9-21-10-6-14)13(20)18-11-1-3-12(4-2-11)19-16-7-8-17-19;/h1-4,7-8H,5-6,9-10,15H2,(H,18,20);1H. The van der Waals surface area contributed by atoms with Gasteiger partial charge in [-0.05, 0) is 37.1 Å². The van der Waals surface area contributed by atoms with Gasteiger partial charge in [-0.2, -0.15) is 15.0 Å². The molecule has 0 atom stereocenters. The molecule has 7 nitrogen and oxygen atoms in total. The number of nitrogens with zero attached hydrogens (tertiary/aromatic N) is 3. The molecule has 0 radical (unpaired) electrons. The van der Waals surface area contributed by atoms with E-state index >= 15 is 0 Å². The van der Waals surface area contributed by atoms with Crippen molar-refractivity contribution in [3.05, 3.63) is 36.7 Å². The van der Waals surface area contributed by atoms with Crippen molar-refractivity contribution in [1.29, 1.82) is 0 Å². The molecule has 1 saturated heterocycles. The van der Waals surface area contributed by atoms with Gasteiger partial charge in [0.2, 0.25) is 5.91 Å². The molecule has 118 valence electrons. The molecule has 1 amide bonds. The summed E-state index contributed by atoms with van der Waals surface area (Å²) in [6.45, 7) is 1.04. The van der Waals surface area contributed by atoms with Gasteiger partial charge in [0, 0.05) is 18.9 Å². The second kappa shape index (κ2) is 6.87. The predicted molar refractivity (Wildman–Crippen MR) is 84.2 cm³/mol. The van der Waals surface area contributed by atoms with Gasteiger partial charge in [-0.3, -0.25) is 4.79 Å². The highest BCUT2D eigenvalue weighted by Crippen LogP contribution is 2.20. The fourth-order valence-electron chi connectivity index (χ4n) is 2.25. The van der Waals surface area contributed by atoms with Crippen LogP contribution in [-0.4, -0.2) is 39.7 Å². The Hall–Kier alpha value is -1.96. The van der Waals surface area contributed by atoms with Crippen LogP contribution in [0.25, 0.3) is 5.69 Å². The molecule has 1 fully saturated rings. The smallest absolute Gasteiger partial charge is 0.244 e. The third-order valence-corrected chi connectivity index (χ3v) is 3.61. The van der Waals surface area contributed by atoms with Crippen LogP contribution in [0.2, 0.25) is 0 Å². The number of hydrogen-bond donors (Lipinski definition) is 2. The zero-order valence-corrected chi connectivity index (χ0v) is 12.8. The van der Waals surface area contributed by atoms with Crippen molar-refractivity contribution in [2.24, 2.45) is 5.73 Å². The maximum Gasteiger partial charge on any atom is 0.244 e. The number of aromatic nitrogens is 3. The number of benzene rings is 1. The Bertz CT molecular complexity index is 609. The van der Waals surface area contributed by atoms with Crippen LogP contribution in [0.3, 0.4) is 0 Å². The number of amides is 1. The summed E-state index contributed by atoms with van der Waals surface area (Å²) in [5, 5.41) is 10.9. The highest BCUT2D eigenvalue weighted by molar-refractivity contribution is 5.98. The number of carbonyl (C=O) groups excluding carboxylic acids is 1. The normalized spacial score (nSPS) is 16.6. The van der Waals surface area contributed by atoms with Crippen molar-refractivity contribution in [1.82, 2.24) is 15.0 Å². The quantitative estimate of drug-likeness (QED) is 0.883. The van der Waals surface area contributed by atoms with E-state index in [0.717, 1.165) is 5.69 Å². The van der Waals surface area contributed by atoms with E-state index in [1.165, 1.54) is 4.80 Å². The second-order valence-corrected chi connectivity index (χ2v) is 5.09. The van der Waals surface area contributed by atoms with Crippen LogP contribution >= 0.6 is 12.4 Å². The van der Waals surface area contributed by atoms with E-state index in [1.54, 1.807) is 24.5 Å². The monoisotopic (exact) mass is 323 g/mol. The Morgan fingerprint density at radius 3 is 2.36 bits per heavy atom. The van der Waals surface area contributed by atoms with E-state index in [9.17, 15) is 4.79 Å². The van der Waals surface area contributed by atoms with E-state index in [-0.39, 0.29) is 18.3 Å². The van der Waals surface area contributed by atoms with Gasteiger partial charge in [-0.15, -0.1) is 12.4 Å². The average molecular weight is 324 g/mol. The Kier molecular flexibility index (Phi) is 5.12. The highest BCUT2D eigenvalue weighted by atomic mass is 35.5. The van der Waals surface area contributed by atoms with Gasteiger partial charge < -0.3 is 15.8 Å². The first kappa shape index (κ1) is 16.4. The third kappa shape index (κ3) is 3.44. The molecule has 1 aliphatic rings. The minimum atomic E-state index is -0.847. The number of halogens is 1. The molecule has 0 unspecified atom stereocenters. The van der Waals surface area contributed by atoms with Crippen molar-refractivity contribution >= 4 is 24.0 Å². The summed E-state index contributed by atoms with van der Waals surface area (Å²) in [5.74, 6) is -0.171. The summed E-state index contributed by atoms with van der Waals surface area (Å²) in [5.41, 5.74) is 6.82. The molecule has 1 aromatic heterocycles. The lowest BCUT2D eigenvalue weighted by Gasteiger charge is -2.31. The molecular weight excluding hydrogens is 306 g/mol. The van der Waals surface area contributed by atoms with Crippen molar-refractivity contribution in [3.8, 4) is 5.69 Å². The molecule has 0 bridgehead atoms. The van der Waals surface area contributed by atoms with Gasteiger partial charge in [0.05, 0.1) is 18.1 Å². The van der Waals surface area contributed by atoms with Gasteiger partial charge in [0.15, 0.2) is 0 Å². The van der Waals surface area contributed by atoms with Crippen molar-refractivity contribution in [3.63, 3.8) is 0 Å². The SMILES string of the molecule is Cl.NC1(C(=O)Nc2ccc(-n3nccn3)cc2)CCOCC1. The molecule has 0 saturated carbocycles. The molecule has 8 heteroatoms. The van der Waals surface area contributed by atoms with Gasteiger partial charge >= 0.3 is 0 Å². The Morgan fingerprint density at radius 2 is 1.77 bits per heavy atom. The molecule has 2 heterocycles. The van der Waals surface area contributed by atoms with Gasteiger partial charge in [0.25, 0.3) is 0 Å². The molecule has 0 spiro atoms. The van der Waals surface area contributed by atoms with Gasteiger partial charge in [-0.25, -0.2) is 0 Å². The summed E-state index contributed by atoms with van der Waals surface area (Å²) in [4.78, 5) is 13.8. The third-order valence-electron chi connectivity index (χ3n) is 3.61. The minimum absolute atomic E-state index is 0. The first-order valence-corrected chi connectivity index (χ1v) is 6.82. The molecule has 1 aliphatic heterocycles. The molecule has 1 aromatic carbocycles. The minimum Gasteiger partial charge on any atom is -0.381 e. The van der Waals surface area contributed by atoms with E-state index in [1.807, 2.05) is 12.1 Å². The molecule has 0 aliphatic carbocycles. The molecule has 22 heavy (non-hydrogen) atoms. The number of anilines is 1. The van der Waals surface area contributed by atoms with Crippen LogP contribution in [0.15, 0.2) is 36.7 Å². The Morgan fingerprint density at radius 1 is 1.18 bits per heavy atom. The van der Waals surface area contributed by atoms with Crippen molar-refractivity contribution in [2.45, 2.75) is 18.4 Å². The number of hydrogen-bond acceptors (Lipinski definition) is 5. The number of nitrogens with one attached hydrogen (secondary N) is 1. The Balaban J connectivity index is 0.00000176. The summed E-state index contributed by atoms with van der Waals surface area (Å²) in [6.07, 6.45) is 4.29. The van der Waals surface area contributed by atoms with Gasteiger partial charge in [-0.1, -0.05) is 0 Å². The van der Waals surface area contributed by atoms with Crippen molar-refractivity contribution in [2.75, 3.05) is 18.5 Å². The summed E-state index contributed by atoms with van der Waals surface area (Å²) >= 11 is 0. The lowest BCUT2D eigenvalue weighted by molar-refractivity contribution is -0.124. The topological polar surface area (TPSA) is 95.1 Å². The second-order valence-electron chi connectivity index (χ2n) is 5.09. The van der Waals surface area contributed by atoms with E-state index in [4.69, 9.17) is 10.5 Å². The predicted octanol–water partition coefficient (Wildman–Crippen LogP) is 1.14. The maximum absolute atomic E-state index is 12.3. The van der Waals surface area contributed by atoms with E-state index < -0.39 is 5.54 Å². The molecule has 3 rings (SSSR count). The van der Waals surface area contributed by atoms with Crippen LogP contribution in [0.1, 0.15) is 12.8 Å². The summed E-state index contributed by atoms with van der Waals surface area (Å²) in [7, 11) is 0. The first-order valence-electron chi connectivity index (χ1n) is 6.82. The van der Waals surface area contributed by atoms with Crippen LogP contribution in [0, 0.1) is 0 Å². The van der Waals surface area contributed by atoms with Gasteiger partial charge in [0.1, 0.15) is 5.54 Å². The van der Waals surface area contributed by atoms with Crippen LogP contribution in [0.5, 0.6) is 0 Å². The van der Waals surface area contributed by atoms with Crippen LogP contribution < -0.4 is 11.1 Å². The molecule has 2 aromatic rings. The summed E-state index contributed by atoms with van der Waals surface area (Å²) < 4.78 is 5.25.